The maximum absolute atomic E-state index is 13.1. The van der Waals surface area contributed by atoms with Gasteiger partial charge in [0.05, 0.1) is 16.7 Å². The van der Waals surface area contributed by atoms with E-state index in [1.54, 1.807) is 0 Å². The van der Waals surface area contributed by atoms with Crippen molar-refractivity contribution < 1.29 is 31.1 Å². The van der Waals surface area contributed by atoms with Crippen LogP contribution in [-0.4, -0.2) is 28.4 Å². The third-order valence-corrected chi connectivity index (χ3v) is 4.30. The number of rotatable bonds is 4. The largest absolute Gasteiger partial charge is 0.416 e. The molecule has 1 aromatic carbocycles. The number of carbonyl (C=O) groups is 1. The van der Waals surface area contributed by atoms with Crippen molar-refractivity contribution in [3.05, 3.63) is 70.1 Å². The van der Waals surface area contributed by atoms with Crippen molar-refractivity contribution in [2.45, 2.75) is 12.4 Å². The van der Waals surface area contributed by atoms with Crippen molar-refractivity contribution in [2.75, 3.05) is 6.67 Å². The average molecular weight is 464 g/mol. The molecule has 164 valence electrons. The number of amides is 1. The van der Waals surface area contributed by atoms with Crippen LogP contribution >= 0.6 is 11.6 Å². The Hall–Kier alpha value is -3.28. The fourth-order valence-electron chi connectivity index (χ4n) is 2.65. The zero-order chi connectivity index (χ0) is 23.0. The van der Waals surface area contributed by atoms with Gasteiger partial charge in [0.1, 0.15) is 17.7 Å². The van der Waals surface area contributed by atoms with Crippen LogP contribution < -0.4 is 11.2 Å². The summed E-state index contributed by atoms with van der Waals surface area (Å²) in [6.45, 7) is -0.204. The first-order chi connectivity index (χ1) is 14.3. The summed E-state index contributed by atoms with van der Waals surface area (Å²) in [4.78, 5) is 19.5. The topological polar surface area (TPSA) is 83.6 Å². The first kappa shape index (κ1) is 22.4. The maximum Gasteiger partial charge on any atom is 0.416 e. The fraction of sp³-hybridized carbons (Fsp3) is 0.167. The summed E-state index contributed by atoms with van der Waals surface area (Å²) < 4.78 is 78.4. The van der Waals surface area contributed by atoms with Crippen molar-refractivity contribution in [1.29, 1.82) is 0 Å². The second kappa shape index (κ2) is 8.10. The number of aliphatic imine (C=N–C) groups is 1. The lowest BCUT2D eigenvalue weighted by atomic mass is 10.0. The quantitative estimate of drug-likeness (QED) is 0.410. The van der Waals surface area contributed by atoms with Crippen LogP contribution in [0, 0.1) is 0 Å². The second-order valence-electron chi connectivity index (χ2n) is 6.30. The van der Waals surface area contributed by atoms with Gasteiger partial charge in [0.15, 0.2) is 0 Å². The third-order valence-electron chi connectivity index (χ3n) is 4.08. The third kappa shape index (κ3) is 5.26. The molecule has 0 fully saturated rings. The highest BCUT2D eigenvalue weighted by atomic mass is 35.5. The molecule has 1 amide bonds. The highest BCUT2D eigenvalue weighted by Crippen LogP contribution is 2.36. The van der Waals surface area contributed by atoms with Gasteiger partial charge in [-0.15, -0.1) is 0 Å². The number of primary amides is 1. The van der Waals surface area contributed by atoms with Gasteiger partial charge in [-0.05, 0) is 30.3 Å². The zero-order valence-electron chi connectivity index (χ0n) is 15.2. The van der Waals surface area contributed by atoms with E-state index in [9.17, 15) is 31.1 Å². The van der Waals surface area contributed by atoms with E-state index in [2.05, 4.69) is 15.4 Å². The Balaban J connectivity index is 1.91. The summed E-state index contributed by atoms with van der Waals surface area (Å²) in [5, 5.41) is 1.35. The number of benzene rings is 1. The van der Waals surface area contributed by atoms with Gasteiger partial charge in [0.2, 0.25) is 0 Å². The Kier molecular flexibility index (Phi) is 5.85. The second-order valence-corrected chi connectivity index (χ2v) is 6.69. The van der Waals surface area contributed by atoms with E-state index in [4.69, 9.17) is 17.3 Å². The number of halogens is 7. The minimum absolute atomic E-state index is 0.0232. The van der Waals surface area contributed by atoms with Crippen LogP contribution in [-0.2, 0) is 17.1 Å². The van der Waals surface area contributed by atoms with E-state index in [1.165, 1.54) is 29.5 Å². The number of aromatic nitrogens is 1. The van der Waals surface area contributed by atoms with E-state index >= 15 is 0 Å². The molecule has 0 saturated carbocycles. The van der Waals surface area contributed by atoms with Crippen molar-refractivity contribution in [2.24, 2.45) is 10.7 Å². The molecule has 13 heteroatoms. The highest BCUT2D eigenvalue weighted by Gasteiger charge is 2.37. The number of hydrogen-bond donors (Lipinski definition) is 2. The van der Waals surface area contributed by atoms with Gasteiger partial charge in [-0.3, -0.25) is 15.2 Å². The van der Waals surface area contributed by atoms with Crippen molar-refractivity contribution >= 4 is 28.9 Å². The Bertz CT molecular complexity index is 1030. The summed E-state index contributed by atoms with van der Waals surface area (Å²) in [7, 11) is 0. The lowest BCUT2D eigenvalue weighted by molar-refractivity contribution is -0.143. The Morgan fingerprint density at radius 2 is 1.71 bits per heavy atom. The molecule has 6 nitrogen and oxygen atoms in total. The number of pyridine rings is 1. The van der Waals surface area contributed by atoms with Gasteiger partial charge < -0.3 is 5.73 Å². The summed E-state index contributed by atoms with van der Waals surface area (Å²) in [6, 6.07) is 3.99. The molecule has 0 saturated heterocycles. The lowest BCUT2D eigenvalue weighted by Gasteiger charge is -2.17. The number of amidine groups is 1. The number of alkyl halides is 6. The van der Waals surface area contributed by atoms with Gasteiger partial charge in [-0.1, -0.05) is 11.6 Å². The van der Waals surface area contributed by atoms with Gasteiger partial charge in [0.25, 0.3) is 5.91 Å². The molecule has 1 aliphatic heterocycles. The first-order valence-electron chi connectivity index (χ1n) is 8.36. The van der Waals surface area contributed by atoms with Crippen molar-refractivity contribution in [3.63, 3.8) is 0 Å². The standard InChI is InChI=1S/C18H12ClF6N5O/c19-14-2-1-9(6-27-14)13(15(26)31)7-30-8-28-16(29-30)10-3-11(17(20,21)22)5-12(4-10)18(23,24)25/h1-7H,8H2,(H2,26,31)(H,28,29)/b13-7+. The molecule has 3 rings (SSSR count). The van der Waals surface area contributed by atoms with E-state index in [0.717, 1.165) is 0 Å². The summed E-state index contributed by atoms with van der Waals surface area (Å²) >= 11 is 5.69. The molecular formula is C18H12ClF6N5O. The molecule has 0 spiro atoms. The molecular weight excluding hydrogens is 452 g/mol. The van der Waals surface area contributed by atoms with Crippen LogP contribution in [0.15, 0.2) is 47.7 Å². The van der Waals surface area contributed by atoms with Crippen LogP contribution in [0.1, 0.15) is 22.3 Å². The number of hydrogen-bond acceptors (Lipinski definition) is 5. The molecule has 1 aliphatic rings. The van der Waals surface area contributed by atoms with E-state index in [0.29, 0.717) is 17.7 Å². The molecule has 2 aromatic rings. The predicted octanol–water partition coefficient (Wildman–Crippen LogP) is 3.82. The molecule has 31 heavy (non-hydrogen) atoms. The van der Waals surface area contributed by atoms with E-state index < -0.39 is 35.0 Å². The average Bonchev–Trinajstić information content (AvgIpc) is 3.14. The molecule has 0 atom stereocenters. The SMILES string of the molecule is NC(=O)/C(=C/N1CN=C(c2cc(C(F)(F)F)cc(C(F)(F)F)c2)N1)c1ccc(Cl)nc1. The molecule has 0 radical (unpaired) electrons. The number of nitrogens with one attached hydrogen (secondary N) is 1. The summed E-state index contributed by atoms with van der Waals surface area (Å²) in [5.74, 6) is -1.09. The maximum atomic E-state index is 13.1. The number of nitrogens with two attached hydrogens (primary N) is 1. The summed E-state index contributed by atoms with van der Waals surface area (Å²) in [6.07, 6.45) is -7.49. The highest BCUT2D eigenvalue weighted by molar-refractivity contribution is 6.29. The van der Waals surface area contributed by atoms with Crippen molar-refractivity contribution in [1.82, 2.24) is 15.4 Å². The van der Waals surface area contributed by atoms with Crippen LogP contribution in [0.4, 0.5) is 26.3 Å². The van der Waals surface area contributed by atoms with E-state index in [1.807, 2.05) is 0 Å². The predicted molar refractivity (Wildman–Crippen MR) is 99.2 cm³/mol. The smallest absolute Gasteiger partial charge is 0.366 e. The number of carbonyl (C=O) groups excluding carboxylic acids is 1. The van der Waals surface area contributed by atoms with E-state index in [-0.39, 0.29) is 29.3 Å². The van der Waals surface area contributed by atoms with Gasteiger partial charge in [-0.2, -0.15) is 26.3 Å². The zero-order valence-corrected chi connectivity index (χ0v) is 16.0. The normalized spacial score (nSPS) is 15.0. The van der Waals surface area contributed by atoms with Gasteiger partial charge >= 0.3 is 12.4 Å². The van der Waals surface area contributed by atoms with Crippen LogP contribution in [0.5, 0.6) is 0 Å². The fourth-order valence-corrected chi connectivity index (χ4v) is 2.76. The molecule has 0 aliphatic carbocycles. The van der Waals surface area contributed by atoms with Crippen LogP contribution in [0.3, 0.4) is 0 Å². The number of nitrogens with zero attached hydrogens (tertiary/aromatic N) is 3. The molecule has 0 bridgehead atoms. The number of hydrazine groups is 1. The Morgan fingerprint density at radius 3 is 2.19 bits per heavy atom. The van der Waals surface area contributed by atoms with Crippen LogP contribution in [0.2, 0.25) is 5.15 Å². The van der Waals surface area contributed by atoms with Crippen LogP contribution in [0.25, 0.3) is 5.57 Å². The van der Waals surface area contributed by atoms with Crippen molar-refractivity contribution in [3.8, 4) is 0 Å². The molecule has 1 aromatic heterocycles. The minimum Gasteiger partial charge on any atom is -0.366 e. The molecule has 2 heterocycles. The molecule has 3 N–H and O–H groups in total. The molecule has 0 unspecified atom stereocenters. The lowest BCUT2D eigenvalue weighted by Crippen LogP contribution is -2.33. The van der Waals surface area contributed by atoms with Gasteiger partial charge in [0, 0.05) is 23.5 Å². The van der Waals surface area contributed by atoms with Gasteiger partial charge in [-0.25, -0.2) is 9.98 Å². The minimum atomic E-state index is -4.99. The Morgan fingerprint density at radius 1 is 1.10 bits per heavy atom. The monoisotopic (exact) mass is 463 g/mol. The summed E-state index contributed by atoms with van der Waals surface area (Å²) in [5.41, 5.74) is 4.80. The first-order valence-corrected chi connectivity index (χ1v) is 8.73. The Labute approximate surface area is 176 Å².